The van der Waals surface area contributed by atoms with Crippen molar-refractivity contribution in [3.63, 3.8) is 0 Å². The molecule has 104 valence electrons. The van der Waals surface area contributed by atoms with Gasteiger partial charge in [-0.1, -0.05) is 18.3 Å². The number of nitrogens with one attached hydrogen (secondary N) is 1. The quantitative estimate of drug-likeness (QED) is 0.638. The number of unbranched alkanes of at least 4 members (excludes halogenated alkanes) is 2. The summed E-state index contributed by atoms with van der Waals surface area (Å²) in [5.41, 5.74) is 0. The average Bonchev–Trinajstić information content (AvgIpc) is 2.80. The number of anilines is 1. The van der Waals surface area contributed by atoms with E-state index in [0.29, 0.717) is 6.61 Å². The molecule has 18 heavy (non-hydrogen) atoms. The Morgan fingerprint density at radius 2 is 2.11 bits per heavy atom. The molecular formula is C12H24N4OS. The van der Waals surface area contributed by atoms with Crippen LogP contribution in [0.2, 0.25) is 0 Å². The summed E-state index contributed by atoms with van der Waals surface area (Å²) >= 11 is 1.63. The largest absolute Gasteiger partial charge is 0.396 e. The monoisotopic (exact) mass is 272 g/mol. The molecule has 5 nitrogen and oxygen atoms in total. The Kier molecular flexibility index (Phi) is 7.88. The van der Waals surface area contributed by atoms with Crippen molar-refractivity contribution < 1.29 is 5.11 Å². The van der Waals surface area contributed by atoms with E-state index in [4.69, 9.17) is 5.11 Å². The van der Waals surface area contributed by atoms with E-state index >= 15 is 0 Å². The first-order valence-electron chi connectivity index (χ1n) is 6.62. The predicted molar refractivity (Wildman–Crippen MR) is 76.0 cm³/mol. The van der Waals surface area contributed by atoms with Crippen molar-refractivity contribution in [2.45, 2.75) is 39.2 Å². The second-order valence-electron chi connectivity index (χ2n) is 4.45. The Balaban J connectivity index is 2.22. The number of hydrogen-bond donors (Lipinski definition) is 2. The summed E-state index contributed by atoms with van der Waals surface area (Å²) in [6, 6.07) is 0. The maximum Gasteiger partial charge on any atom is 0.205 e. The molecule has 0 saturated heterocycles. The summed E-state index contributed by atoms with van der Waals surface area (Å²) in [6.07, 6.45) is 4.20. The zero-order valence-electron chi connectivity index (χ0n) is 11.4. The minimum absolute atomic E-state index is 0.298. The minimum atomic E-state index is 0.298. The van der Waals surface area contributed by atoms with Gasteiger partial charge < -0.3 is 10.4 Å². The van der Waals surface area contributed by atoms with Gasteiger partial charge in [0.2, 0.25) is 5.13 Å². The van der Waals surface area contributed by atoms with E-state index in [1.165, 1.54) is 0 Å². The molecule has 0 aliphatic rings. The molecule has 1 aromatic heterocycles. The standard InChI is InChI=1S/C12H24N4OS/c1-3-7-13-12-15-14-11(18-12)10-16(2)8-5-4-6-9-17/h17H,3-10H2,1-2H3,(H,13,15). The lowest BCUT2D eigenvalue weighted by atomic mass is 10.2. The van der Waals surface area contributed by atoms with Gasteiger partial charge >= 0.3 is 0 Å². The number of hydrogen-bond acceptors (Lipinski definition) is 6. The van der Waals surface area contributed by atoms with Crippen molar-refractivity contribution in [1.82, 2.24) is 15.1 Å². The lowest BCUT2D eigenvalue weighted by Gasteiger charge is -2.13. The topological polar surface area (TPSA) is 61.3 Å². The molecule has 0 saturated carbocycles. The summed E-state index contributed by atoms with van der Waals surface area (Å²) in [5, 5.41) is 22.2. The second kappa shape index (κ2) is 9.24. The number of aliphatic hydroxyl groups is 1. The molecular weight excluding hydrogens is 248 g/mol. The van der Waals surface area contributed by atoms with Crippen LogP contribution in [0.3, 0.4) is 0 Å². The van der Waals surface area contributed by atoms with Crippen LogP contribution in [0.15, 0.2) is 0 Å². The fourth-order valence-corrected chi connectivity index (χ4v) is 2.45. The Morgan fingerprint density at radius 3 is 2.83 bits per heavy atom. The number of nitrogens with zero attached hydrogens (tertiary/aromatic N) is 3. The number of aliphatic hydroxyl groups excluding tert-OH is 1. The van der Waals surface area contributed by atoms with Crippen molar-refractivity contribution >= 4 is 16.5 Å². The van der Waals surface area contributed by atoms with Gasteiger partial charge in [-0.2, -0.15) is 0 Å². The van der Waals surface area contributed by atoms with Gasteiger partial charge in [0.15, 0.2) is 0 Å². The molecule has 0 bridgehead atoms. The molecule has 0 aliphatic heterocycles. The van der Waals surface area contributed by atoms with Gasteiger partial charge in [-0.3, -0.25) is 4.90 Å². The van der Waals surface area contributed by atoms with E-state index in [-0.39, 0.29) is 0 Å². The van der Waals surface area contributed by atoms with E-state index in [1.807, 2.05) is 0 Å². The summed E-state index contributed by atoms with van der Waals surface area (Å²) in [6.45, 7) is 5.27. The van der Waals surface area contributed by atoms with Gasteiger partial charge in [-0.25, -0.2) is 0 Å². The lowest BCUT2D eigenvalue weighted by molar-refractivity contribution is 0.271. The lowest BCUT2D eigenvalue weighted by Crippen LogP contribution is -2.19. The first-order valence-corrected chi connectivity index (χ1v) is 7.43. The highest BCUT2D eigenvalue weighted by Crippen LogP contribution is 2.16. The van der Waals surface area contributed by atoms with E-state index in [1.54, 1.807) is 11.3 Å². The van der Waals surface area contributed by atoms with E-state index in [0.717, 1.165) is 55.5 Å². The zero-order chi connectivity index (χ0) is 13.2. The molecule has 2 N–H and O–H groups in total. The van der Waals surface area contributed by atoms with E-state index in [9.17, 15) is 0 Å². The van der Waals surface area contributed by atoms with Crippen molar-refractivity contribution in [2.24, 2.45) is 0 Å². The summed E-state index contributed by atoms with van der Waals surface area (Å²) in [5.74, 6) is 0. The average molecular weight is 272 g/mol. The van der Waals surface area contributed by atoms with Gasteiger partial charge in [0.1, 0.15) is 5.01 Å². The maximum absolute atomic E-state index is 8.70. The number of rotatable bonds is 10. The van der Waals surface area contributed by atoms with Crippen LogP contribution in [-0.2, 0) is 6.54 Å². The zero-order valence-corrected chi connectivity index (χ0v) is 12.2. The molecule has 0 radical (unpaired) electrons. The SMILES string of the molecule is CCCNc1nnc(CN(C)CCCCCO)s1. The second-order valence-corrected chi connectivity index (χ2v) is 5.51. The Morgan fingerprint density at radius 1 is 1.28 bits per heavy atom. The summed E-state index contributed by atoms with van der Waals surface area (Å²) in [4.78, 5) is 2.25. The van der Waals surface area contributed by atoms with Crippen LogP contribution in [0.1, 0.15) is 37.6 Å². The van der Waals surface area contributed by atoms with Crippen molar-refractivity contribution in [3.05, 3.63) is 5.01 Å². The first-order chi connectivity index (χ1) is 8.76. The van der Waals surface area contributed by atoms with Crippen LogP contribution >= 0.6 is 11.3 Å². The van der Waals surface area contributed by atoms with E-state index in [2.05, 4.69) is 34.4 Å². The molecule has 0 aromatic carbocycles. The third kappa shape index (κ3) is 6.28. The normalized spacial score (nSPS) is 11.1. The van der Waals surface area contributed by atoms with Crippen molar-refractivity contribution in [2.75, 3.05) is 32.1 Å². The van der Waals surface area contributed by atoms with Crippen molar-refractivity contribution in [3.8, 4) is 0 Å². The molecule has 0 spiro atoms. The van der Waals surface area contributed by atoms with Crippen LogP contribution in [0, 0.1) is 0 Å². The molecule has 1 aromatic rings. The van der Waals surface area contributed by atoms with Crippen LogP contribution in [0.25, 0.3) is 0 Å². The highest BCUT2D eigenvalue weighted by Gasteiger charge is 2.06. The Bertz CT molecular complexity index is 319. The Labute approximate surface area is 113 Å². The highest BCUT2D eigenvalue weighted by molar-refractivity contribution is 7.15. The molecule has 0 amide bonds. The molecule has 0 atom stereocenters. The van der Waals surface area contributed by atoms with Gasteiger partial charge in [0.25, 0.3) is 0 Å². The third-order valence-electron chi connectivity index (χ3n) is 2.60. The fraction of sp³-hybridized carbons (Fsp3) is 0.833. The molecule has 1 rings (SSSR count). The molecule has 0 fully saturated rings. The summed E-state index contributed by atoms with van der Waals surface area (Å²) in [7, 11) is 2.10. The van der Waals surface area contributed by atoms with Gasteiger partial charge in [-0.15, -0.1) is 10.2 Å². The maximum atomic E-state index is 8.70. The number of aromatic nitrogens is 2. The van der Waals surface area contributed by atoms with Gasteiger partial charge in [-0.05, 0) is 39.3 Å². The summed E-state index contributed by atoms with van der Waals surface area (Å²) < 4.78 is 0. The molecule has 1 heterocycles. The third-order valence-corrected chi connectivity index (χ3v) is 3.46. The van der Waals surface area contributed by atoms with Crippen LogP contribution in [0.4, 0.5) is 5.13 Å². The highest BCUT2D eigenvalue weighted by atomic mass is 32.1. The minimum Gasteiger partial charge on any atom is -0.396 e. The van der Waals surface area contributed by atoms with E-state index < -0.39 is 0 Å². The van der Waals surface area contributed by atoms with Crippen molar-refractivity contribution in [1.29, 1.82) is 0 Å². The Hall–Kier alpha value is -0.720. The molecule has 0 unspecified atom stereocenters. The van der Waals surface area contributed by atoms with Crippen LogP contribution in [0.5, 0.6) is 0 Å². The van der Waals surface area contributed by atoms with Crippen LogP contribution in [-0.4, -0.2) is 46.9 Å². The fourth-order valence-electron chi connectivity index (χ4n) is 1.60. The smallest absolute Gasteiger partial charge is 0.205 e. The first kappa shape index (κ1) is 15.3. The molecule has 6 heteroatoms. The van der Waals surface area contributed by atoms with Crippen LogP contribution < -0.4 is 5.32 Å². The van der Waals surface area contributed by atoms with Gasteiger partial charge in [0.05, 0.1) is 6.54 Å². The predicted octanol–water partition coefficient (Wildman–Crippen LogP) is 1.95. The van der Waals surface area contributed by atoms with Gasteiger partial charge in [0, 0.05) is 13.2 Å². The molecule has 0 aliphatic carbocycles.